The van der Waals surface area contributed by atoms with Crippen LogP contribution in [0.1, 0.15) is 98.8 Å². The molecule has 23 nitrogen and oxygen atoms in total. The van der Waals surface area contributed by atoms with Crippen LogP contribution in [0.3, 0.4) is 0 Å². The Morgan fingerprint density at radius 2 is 1.11 bits per heavy atom. The number of carbonyl (C=O) groups excluding carboxylic acids is 8. The summed E-state index contributed by atoms with van der Waals surface area (Å²) < 4.78 is 0. The molecule has 0 spiro atoms. The molecule has 11 N–H and O–H groups in total. The summed E-state index contributed by atoms with van der Waals surface area (Å²) in [4.78, 5) is 142. The SMILES string of the molecule is CC[C@H](C)[C@H](NC(=O)[C@H](C)NC(=O)[C@@H](NC(=O)[C@@H]1CCCN1C(=O)[C@H](CCC(=O)O)NC(=O)CNC(=O)[C@@H]1CCCN1C(=O)[C@@H](N)CCC(=O)O)[C@@H](C)CC)C(=O)NCC(=O)O. The summed E-state index contributed by atoms with van der Waals surface area (Å²) in [6, 6.07) is -8.18. The molecule has 0 aromatic heterocycles. The fourth-order valence-corrected chi connectivity index (χ4v) is 7.05. The standard InChI is InChI=1S/C39H63N9O14/c1-6-20(3)31(36(59)42-19-30(54)55)45-33(56)22(5)43-37(60)32(21(4)7-2)46-35(58)26-11-9-17-48(26)39(62)24(13-15-29(52)53)44-27(49)18-41-34(57)25-10-8-16-47(25)38(61)23(40)12-14-28(50)51/h20-26,31-32H,6-19,40H2,1-5H3,(H,41,57)(H,42,59)(H,43,60)(H,44,49)(H,45,56)(H,46,58)(H,50,51)(H,52,53)(H,54,55)/t20-,21-,22-,23-,24-,25-,26-,31-,32-/m0/s1. The fourth-order valence-electron chi connectivity index (χ4n) is 7.05. The normalized spacial score (nSPS) is 19.3. The van der Waals surface area contributed by atoms with E-state index in [1.54, 1.807) is 27.7 Å². The molecule has 2 fully saturated rings. The zero-order valence-electron chi connectivity index (χ0n) is 35.9. The molecule has 2 heterocycles. The summed E-state index contributed by atoms with van der Waals surface area (Å²) in [6.07, 6.45) is 0.706. The van der Waals surface area contributed by atoms with Crippen LogP contribution in [-0.4, -0.2) is 159 Å². The Bertz CT molecular complexity index is 1680. The molecular weight excluding hydrogens is 818 g/mol. The van der Waals surface area contributed by atoms with E-state index in [1.165, 1.54) is 16.7 Å². The number of hydrogen-bond donors (Lipinski definition) is 10. The number of carbonyl (C=O) groups is 11. The lowest BCUT2D eigenvalue weighted by Crippen LogP contribution is -2.60. The minimum atomic E-state index is -1.43. The Labute approximate surface area is 359 Å². The molecular formula is C39H63N9O14. The zero-order valence-corrected chi connectivity index (χ0v) is 35.9. The molecule has 2 aliphatic heterocycles. The van der Waals surface area contributed by atoms with E-state index >= 15 is 0 Å². The first-order valence-electron chi connectivity index (χ1n) is 20.9. The third-order valence-electron chi connectivity index (χ3n) is 11.1. The number of likely N-dealkylation sites (tertiary alicyclic amines) is 2. The van der Waals surface area contributed by atoms with E-state index in [9.17, 15) is 57.8 Å². The predicted octanol–water partition coefficient (Wildman–Crippen LogP) is -2.61. The van der Waals surface area contributed by atoms with E-state index in [2.05, 4.69) is 31.9 Å². The number of nitrogens with two attached hydrogens (primary N) is 1. The second-order valence-electron chi connectivity index (χ2n) is 15.8. The van der Waals surface area contributed by atoms with E-state index in [-0.39, 0.29) is 45.2 Å². The maximum absolute atomic E-state index is 13.9. The highest BCUT2D eigenvalue weighted by Gasteiger charge is 2.41. The molecule has 0 aromatic carbocycles. The van der Waals surface area contributed by atoms with Crippen molar-refractivity contribution in [1.29, 1.82) is 0 Å². The smallest absolute Gasteiger partial charge is 0.322 e. The van der Waals surface area contributed by atoms with Gasteiger partial charge >= 0.3 is 17.9 Å². The van der Waals surface area contributed by atoms with Crippen LogP contribution in [-0.2, 0) is 52.7 Å². The molecule has 2 aliphatic rings. The molecule has 0 saturated carbocycles. The van der Waals surface area contributed by atoms with Gasteiger partial charge in [0.15, 0.2) is 0 Å². The first-order valence-corrected chi connectivity index (χ1v) is 20.9. The van der Waals surface area contributed by atoms with Gasteiger partial charge < -0.3 is 62.8 Å². The number of nitrogens with one attached hydrogen (secondary N) is 6. The lowest BCUT2D eigenvalue weighted by atomic mass is 9.96. The highest BCUT2D eigenvalue weighted by atomic mass is 16.4. The average molecular weight is 882 g/mol. The highest BCUT2D eigenvalue weighted by Crippen LogP contribution is 2.22. The highest BCUT2D eigenvalue weighted by molar-refractivity contribution is 5.98. The number of nitrogens with zero attached hydrogens (tertiary/aromatic N) is 2. The van der Waals surface area contributed by atoms with Gasteiger partial charge in [-0.1, -0.05) is 40.5 Å². The molecule has 8 amide bonds. The van der Waals surface area contributed by atoms with E-state index in [0.29, 0.717) is 25.7 Å². The van der Waals surface area contributed by atoms with Gasteiger partial charge in [-0.25, -0.2) is 0 Å². The quantitative estimate of drug-likeness (QED) is 0.0449. The summed E-state index contributed by atoms with van der Waals surface area (Å²) in [5.74, 6) is -10.4. The van der Waals surface area contributed by atoms with Gasteiger partial charge in [-0.2, -0.15) is 0 Å². The van der Waals surface area contributed by atoms with Crippen LogP contribution >= 0.6 is 0 Å². The molecule has 348 valence electrons. The average Bonchev–Trinajstić information content (AvgIpc) is 3.93. The largest absolute Gasteiger partial charge is 0.481 e. The predicted molar refractivity (Wildman–Crippen MR) is 217 cm³/mol. The van der Waals surface area contributed by atoms with Gasteiger partial charge in [-0.15, -0.1) is 0 Å². The zero-order chi connectivity index (χ0) is 46.8. The third-order valence-corrected chi connectivity index (χ3v) is 11.1. The van der Waals surface area contributed by atoms with E-state index < -0.39 is 139 Å². The summed E-state index contributed by atoms with van der Waals surface area (Å²) in [7, 11) is 0. The van der Waals surface area contributed by atoms with Crippen LogP contribution in [0.25, 0.3) is 0 Å². The van der Waals surface area contributed by atoms with Crippen molar-refractivity contribution < 1.29 is 68.1 Å². The molecule has 2 saturated heterocycles. The summed E-state index contributed by atoms with van der Waals surface area (Å²) in [5, 5.41) is 42.1. The van der Waals surface area contributed by atoms with Gasteiger partial charge in [0.2, 0.25) is 47.3 Å². The third kappa shape index (κ3) is 15.9. The van der Waals surface area contributed by atoms with Crippen LogP contribution in [0.2, 0.25) is 0 Å². The molecule has 0 aromatic rings. The maximum Gasteiger partial charge on any atom is 0.322 e. The van der Waals surface area contributed by atoms with Crippen molar-refractivity contribution in [2.45, 2.75) is 141 Å². The summed E-state index contributed by atoms with van der Waals surface area (Å²) in [6.45, 7) is 7.23. The molecule has 0 bridgehead atoms. The van der Waals surface area contributed by atoms with Crippen molar-refractivity contribution in [3.8, 4) is 0 Å². The monoisotopic (exact) mass is 881 g/mol. The number of aliphatic carboxylic acids is 3. The molecule has 2 rings (SSSR count). The van der Waals surface area contributed by atoms with Gasteiger partial charge in [-0.3, -0.25) is 52.7 Å². The van der Waals surface area contributed by atoms with Gasteiger partial charge in [0, 0.05) is 25.9 Å². The van der Waals surface area contributed by atoms with E-state index in [1.807, 2.05) is 0 Å². The van der Waals surface area contributed by atoms with Gasteiger partial charge in [0.1, 0.15) is 42.8 Å². The summed E-state index contributed by atoms with van der Waals surface area (Å²) in [5.41, 5.74) is 5.87. The van der Waals surface area contributed by atoms with Crippen molar-refractivity contribution >= 4 is 65.2 Å². The molecule has 0 unspecified atom stereocenters. The van der Waals surface area contributed by atoms with Gasteiger partial charge in [0.05, 0.1) is 12.6 Å². The van der Waals surface area contributed by atoms with Crippen molar-refractivity contribution in [2.24, 2.45) is 17.6 Å². The molecule has 0 aliphatic carbocycles. The molecule has 9 atom stereocenters. The van der Waals surface area contributed by atoms with Crippen molar-refractivity contribution in [2.75, 3.05) is 26.2 Å². The lowest BCUT2D eigenvalue weighted by molar-refractivity contribution is -0.144. The Morgan fingerprint density at radius 3 is 1.65 bits per heavy atom. The maximum atomic E-state index is 13.9. The summed E-state index contributed by atoms with van der Waals surface area (Å²) >= 11 is 0. The Kier molecular flexibility index (Phi) is 21.2. The Hall–Kier alpha value is -5.87. The van der Waals surface area contributed by atoms with Crippen LogP contribution < -0.4 is 37.6 Å². The van der Waals surface area contributed by atoms with Gasteiger partial charge in [0.25, 0.3) is 0 Å². The topological polar surface area (TPSA) is 353 Å². The lowest BCUT2D eigenvalue weighted by Gasteiger charge is -2.31. The van der Waals surface area contributed by atoms with Crippen LogP contribution in [0.15, 0.2) is 0 Å². The van der Waals surface area contributed by atoms with E-state index in [4.69, 9.17) is 15.9 Å². The van der Waals surface area contributed by atoms with Crippen molar-refractivity contribution in [1.82, 2.24) is 41.7 Å². The Balaban J connectivity index is 2.13. The van der Waals surface area contributed by atoms with Crippen molar-refractivity contribution in [3.05, 3.63) is 0 Å². The van der Waals surface area contributed by atoms with Crippen LogP contribution in [0, 0.1) is 11.8 Å². The number of carboxylic acids is 3. The van der Waals surface area contributed by atoms with E-state index in [0.717, 1.165) is 0 Å². The van der Waals surface area contributed by atoms with Crippen LogP contribution in [0.5, 0.6) is 0 Å². The number of carboxylic acid groups (broad SMARTS) is 3. The number of rotatable bonds is 25. The number of amides is 8. The number of hydrogen-bond acceptors (Lipinski definition) is 12. The molecule has 0 radical (unpaired) electrons. The fraction of sp³-hybridized carbons (Fsp3) is 0.718. The first-order chi connectivity index (χ1) is 29.1. The minimum Gasteiger partial charge on any atom is -0.481 e. The molecule has 62 heavy (non-hydrogen) atoms. The van der Waals surface area contributed by atoms with Crippen LogP contribution in [0.4, 0.5) is 0 Å². The first kappa shape index (κ1) is 52.3. The second-order valence-corrected chi connectivity index (χ2v) is 15.8. The second kappa shape index (κ2) is 25.2. The Morgan fingerprint density at radius 1 is 0.597 bits per heavy atom. The van der Waals surface area contributed by atoms with Crippen molar-refractivity contribution in [3.63, 3.8) is 0 Å². The minimum absolute atomic E-state index is 0.0576. The van der Waals surface area contributed by atoms with Gasteiger partial charge in [-0.05, 0) is 57.3 Å². The molecule has 23 heteroatoms.